The number of amides is 1. The number of aliphatic imine (C=N–C) groups is 1. The Morgan fingerprint density at radius 3 is 2.88 bits per heavy atom. The molecule has 6 atom stereocenters. The molecule has 2 fully saturated rings. The van der Waals surface area contributed by atoms with Gasteiger partial charge >= 0.3 is 5.97 Å². The Morgan fingerprint density at radius 2 is 2.19 bits per heavy atom. The maximum Gasteiger partial charge on any atom is 0.346 e. The lowest BCUT2D eigenvalue weighted by Gasteiger charge is -2.37. The Bertz CT molecular complexity index is 619. The van der Waals surface area contributed by atoms with Crippen molar-refractivity contribution in [2.24, 2.45) is 34.4 Å². The summed E-state index contributed by atoms with van der Waals surface area (Å²) in [5.41, 5.74) is 4.86. The first-order valence-electron chi connectivity index (χ1n) is 9.39. The summed E-state index contributed by atoms with van der Waals surface area (Å²) in [6.07, 6.45) is 6.10. The summed E-state index contributed by atoms with van der Waals surface area (Å²) in [5, 5.41) is 0. The molecule has 3 aliphatic rings. The van der Waals surface area contributed by atoms with E-state index in [1.165, 1.54) is 18.2 Å². The van der Waals surface area contributed by atoms with Gasteiger partial charge in [0.25, 0.3) is 5.91 Å². The number of amidine groups is 1. The highest BCUT2D eigenvalue weighted by Gasteiger charge is 2.41. The fourth-order valence-corrected chi connectivity index (χ4v) is 5.06. The van der Waals surface area contributed by atoms with Gasteiger partial charge in [0.15, 0.2) is 0 Å². The van der Waals surface area contributed by atoms with Crippen LogP contribution in [0.4, 0.5) is 0 Å². The van der Waals surface area contributed by atoms with Crippen LogP contribution in [-0.4, -0.2) is 41.1 Å². The van der Waals surface area contributed by atoms with E-state index < -0.39 is 11.4 Å². The minimum absolute atomic E-state index is 0.0462. The Morgan fingerprint density at radius 1 is 1.42 bits per heavy atom. The molecule has 0 bridgehead atoms. The Kier molecular flexibility index (Phi) is 6.07. The van der Waals surface area contributed by atoms with E-state index in [1.54, 1.807) is 12.2 Å². The average Bonchev–Trinajstić information content (AvgIpc) is 3.04. The molecule has 2 N–H and O–H groups in total. The van der Waals surface area contributed by atoms with Crippen LogP contribution < -0.4 is 5.73 Å². The Labute approximate surface area is 159 Å². The van der Waals surface area contributed by atoms with Gasteiger partial charge in [-0.15, -0.1) is 11.8 Å². The second-order valence-electron chi connectivity index (χ2n) is 7.90. The molecule has 1 aliphatic carbocycles. The van der Waals surface area contributed by atoms with Gasteiger partial charge in [0.2, 0.25) is 5.44 Å². The van der Waals surface area contributed by atoms with Gasteiger partial charge < -0.3 is 15.2 Å². The minimum Gasteiger partial charge on any atom is -0.459 e. The molecule has 1 saturated heterocycles. The average molecular weight is 381 g/mol. The van der Waals surface area contributed by atoms with Crippen LogP contribution in [0.1, 0.15) is 40.0 Å². The van der Waals surface area contributed by atoms with Crippen molar-refractivity contribution in [3.05, 3.63) is 12.2 Å². The zero-order valence-electron chi connectivity index (χ0n) is 15.6. The highest BCUT2D eigenvalue weighted by atomic mass is 32.2. The monoisotopic (exact) mass is 380 g/mol. The molecular weight excluding hydrogens is 352 g/mol. The summed E-state index contributed by atoms with van der Waals surface area (Å²) < 4.78 is 11.7. The molecule has 1 saturated carbocycles. The second-order valence-corrected chi connectivity index (χ2v) is 9.00. The first-order valence-corrected chi connectivity index (χ1v) is 10.4. The Balaban J connectivity index is 1.57. The van der Waals surface area contributed by atoms with E-state index in [0.29, 0.717) is 23.5 Å². The van der Waals surface area contributed by atoms with Crippen molar-refractivity contribution in [3.63, 3.8) is 0 Å². The number of hydrogen-bond acceptors (Lipinski definition) is 6. The molecule has 0 aromatic rings. The lowest BCUT2D eigenvalue weighted by Crippen LogP contribution is -2.38. The molecule has 2 aliphatic heterocycles. The van der Waals surface area contributed by atoms with Crippen LogP contribution in [0.2, 0.25) is 0 Å². The summed E-state index contributed by atoms with van der Waals surface area (Å²) in [6, 6.07) is 0. The van der Waals surface area contributed by atoms with Crippen LogP contribution in [0.5, 0.6) is 0 Å². The van der Waals surface area contributed by atoms with Gasteiger partial charge in [-0.3, -0.25) is 4.79 Å². The smallest absolute Gasteiger partial charge is 0.346 e. The minimum atomic E-state index is -0.672. The first-order chi connectivity index (χ1) is 12.3. The molecule has 1 amide bonds. The van der Waals surface area contributed by atoms with Gasteiger partial charge in [-0.25, -0.2) is 4.79 Å². The van der Waals surface area contributed by atoms with Gasteiger partial charge in [0.1, 0.15) is 11.9 Å². The molecule has 7 heteroatoms. The van der Waals surface area contributed by atoms with Crippen molar-refractivity contribution in [1.82, 2.24) is 0 Å². The number of esters is 1. The van der Waals surface area contributed by atoms with Crippen LogP contribution >= 0.6 is 11.8 Å². The number of dihydropyridines is 1. The number of rotatable bonds is 4. The number of carbonyl (C=O) groups is 2. The van der Waals surface area contributed by atoms with E-state index in [0.717, 1.165) is 12.8 Å². The van der Waals surface area contributed by atoms with Crippen LogP contribution in [0.3, 0.4) is 0 Å². The van der Waals surface area contributed by atoms with Crippen molar-refractivity contribution in [1.29, 1.82) is 0 Å². The molecule has 144 valence electrons. The molecular formula is C19H28N2O4S. The van der Waals surface area contributed by atoms with Crippen LogP contribution in [-0.2, 0) is 19.1 Å². The third-order valence-electron chi connectivity index (χ3n) is 5.53. The van der Waals surface area contributed by atoms with Gasteiger partial charge in [-0.1, -0.05) is 33.3 Å². The first kappa shape index (κ1) is 19.4. The van der Waals surface area contributed by atoms with Crippen molar-refractivity contribution in [2.45, 2.75) is 57.7 Å². The summed E-state index contributed by atoms with van der Waals surface area (Å²) >= 11 is 1.39. The number of nitrogens with two attached hydrogens (primary N) is 1. The highest BCUT2D eigenvalue weighted by molar-refractivity contribution is 8.00. The zero-order chi connectivity index (χ0) is 18.8. The van der Waals surface area contributed by atoms with Crippen LogP contribution in [0.15, 0.2) is 17.1 Å². The molecule has 6 nitrogen and oxygen atoms in total. The quantitative estimate of drug-likeness (QED) is 0.754. The normalized spacial score (nSPS) is 37.7. The third-order valence-corrected chi connectivity index (χ3v) is 6.66. The number of hydrogen-bond donors (Lipinski definition) is 1. The topological polar surface area (TPSA) is 91.0 Å². The number of thioether (sulfide) groups is 1. The fraction of sp³-hybridized carbons (Fsp3) is 0.737. The molecule has 0 radical (unpaired) electrons. The fourth-order valence-electron chi connectivity index (χ4n) is 3.99. The molecule has 3 rings (SSSR count). The maximum absolute atomic E-state index is 12.6. The molecule has 3 unspecified atom stereocenters. The third kappa shape index (κ3) is 4.31. The van der Waals surface area contributed by atoms with Crippen molar-refractivity contribution in [3.8, 4) is 0 Å². The zero-order valence-corrected chi connectivity index (χ0v) is 16.4. The second kappa shape index (κ2) is 8.13. The number of ether oxygens (including phenoxy) is 2. The Hall–Kier alpha value is -1.34. The van der Waals surface area contributed by atoms with Crippen LogP contribution in [0.25, 0.3) is 0 Å². The van der Waals surface area contributed by atoms with Crippen LogP contribution in [0, 0.1) is 23.7 Å². The SMILES string of the molecule is CC1CC[C@@H](C(C)C)C(OC(=O)[C@@H]2OC([C@H]3C=CC(N)=NC3=O)CS2)C1. The predicted molar refractivity (Wildman–Crippen MR) is 102 cm³/mol. The number of carbonyl (C=O) groups excluding carboxylic acids is 2. The molecule has 0 aromatic heterocycles. The predicted octanol–water partition coefficient (Wildman–Crippen LogP) is 2.52. The highest BCUT2D eigenvalue weighted by Crippen LogP contribution is 2.37. The van der Waals surface area contributed by atoms with Gasteiger partial charge in [0.05, 0.1) is 12.0 Å². The number of nitrogens with zero attached hydrogens (tertiary/aromatic N) is 1. The standard InChI is InChI=1S/C19H28N2O4S/c1-10(2)12-5-4-11(3)8-14(12)24-18(23)19-25-15(9-26-19)13-6-7-16(20)21-17(13)22/h6-7,10-15,19H,4-5,8-9H2,1-3H3,(H2,20,21,22)/t11?,12-,13+,14?,15?,19+/m0/s1. The largest absolute Gasteiger partial charge is 0.459 e. The van der Waals surface area contributed by atoms with Gasteiger partial charge in [-0.2, -0.15) is 4.99 Å². The van der Waals surface area contributed by atoms with E-state index in [4.69, 9.17) is 15.2 Å². The van der Waals surface area contributed by atoms with E-state index >= 15 is 0 Å². The van der Waals surface area contributed by atoms with E-state index in [9.17, 15) is 9.59 Å². The summed E-state index contributed by atoms with van der Waals surface area (Å²) in [7, 11) is 0. The lowest BCUT2D eigenvalue weighted by atomic mass is 9.75. The molecule has 0 aromatic carbocycles. The summed E-state index contributed by atoms with van der Waals surface area (Å²) in [6.45, 7) is 6.58. The van der Waals surface area contributed by atoms with Crippen molar-refractivity contribution < 1.29 is 19.1 Å². The van der Waals surface area contributed by atoms with Gasteiger partial charge in [-0.05, 0) is 36.7 Å². The molecule has 2 heterocycles. The molecule has 26 heavy (non-hydrogen) atoms. The van der Waals surface area contributed by atoms with Gasteiger partial charge in [0, 0.05) is 5.75 Å². The maximum atomic E-state index is 12.6. The van der Waals surface area contributed by atoms with E-state index in [1.807, 2.05) is 0 Å². The van der Waals surface area contributed by atoms with E-state index in [2.05, 4.69) is 25.8 Å². The summed E-state index contributed by atoms with van der Waals surface area (Å²) in [4.78, 5) is 28.4. The van der Waals surface area contributed by atoms with E-state index in [-0.39, 0.29) is 29.9 Å². The van der Waals surface area contributed by atoms with Crippen molar-refractivity contribution >= 4 is 29.5 Å². The molecule has 0 spiro atoms. The summed E-state index contributed by atoms with van der Waals surface area (Å²) in [5.74, 6) is 1.11. The van der Waals surface area contributed by atoms with Crippen molar-refractivity contribution in [2.75, 3.05) is 5.75 Å². The lowest BCUT2D eigenvalue weighted by molar-refractivity contribution is -0.165.